The Kier molecular flexibility index (Phi) is 5.59. The molecule has 1 N–H and O–H groups in total. The van der Waals surface area contributed by atoms with Gasteiger partial charge in [-0.2, -0.15) is 0 Å². The molecular weight excluding hydrogens is 289 g/mol. The first-order valence-corrected chi connectivity index (χ1v) is 7.33. The van der Waals surface area contributed by atoms with Gasteiger partial charge in [0.15, 0.2) is 0 Å². The molecule has 0 aliphatic rings. The van der Waals surface area contributed by atoms with E-state index in [9.17, 15) is 4.39 Å². The molecule has 1 unspecified atom stereocenters. The van der Waals surface area contributed by atoms with Gasteiger partial charge in [-0.3, -0.25) is 0 Å². The zero-order chi connectivity index (χ0) is 15.2. The summed E-state index contributed by atoms with van der Waals surface area (Å²) in [7, 11) is 1.65. The molecule has 21 heavy (non-hydrogen) atoms. The van der Waals surface area contributed by atoms with Crippen LogP contribution in [0.1, 0.15) is 24.1 Å². The molecule has 112 valence electrons. The zero-order valence-corrected chi connectivity index (χ0v) is 13.0. The van der Waals surface area contributed by atoms with E-state index in [1.807, 2.05) is 31.2 Å². The van der Waals surface area contributed by atoms with Gasteiger partial charge >= 0.3 is 0 Å². The molecule has 1 atom stereocenters. The van der Waals surface area contributed by atoms with Crippen molar-refractivity contribution in [3.8, 4) is 5.75 Å². The SMILES string of the molecule is CCNC(Cc1cccc(OC)c1)c1ccc(F)cc1Cl. The van der Waals surface area contributed by atoms with Gasteiger partial charge in [0.2, 0.25) is 0 Å². The van der Waals surface area contributed by atoms with Crippen molar-refractivity contribution < 1.29 is 9.13 Å². The highest BCUT2D eigenvalue weighted by Gasteiger charge is 2.15. The molecule has 0 radical (unpaired) electrons. The van der Waals surface area contributed by atoms with E-state index < -0.39 is 0 Å². The highest BCUT2D eigenvalue weighted by molar-refractivity contribution is 6.31. The Hall–Kier alpha value is -1.58. The summed E-state index contributed by atoms with van der Waals surface area (Å²) in [6.45, 7) is 2.85. The van der Waals surface area contributed by atoms with Gasteiger partial charge in [-0.1, -0.05) is 36.7 Å². The van der Waals surface area contributed by atoms with Crippen molar-refractivity contribution in [2.75, 3.05) is 13.7 Å². The number of methoxy groups -OCH3 is 1. The fourth-order valence-corrected chi connectivity index (χ4v) is 2.66. The molecule has 0 aliphatic heterocycles. The molecule has 2 aromatic carbocycles. The minimum absolute atomic E-state index is 0.0372. The van der Waals surface area contributed by atoms with E-state index in [1.165, 1.54) is 12.1 Å². The first kappa shape index (κ1) is 15.8. The molecule has 0 saturated carbocycles. The van der Waals surface area contributed by atoms with Gasteiger partial charge < -0.3 is 10.1 Å². The van der Waals surface area contributed by atoms with Gasteiger partial charge in [-0.25, -0.2) is 4.39 Å². The Balaban J connectivity index is 2.26. The third-order valence-electron chi connectivity index (χ3n) is 3.36. The van der Waals surface area contributed by atoms with Crippen molar-refractivity contribution in [2.45, 2.75) is 19.4 Å². The molecule has 0 amide bonds. The van der Waals surface area contributed by atoms with Crippen LogP contribution in [0.5, 0.6) is 5.75 Å². The molecule has 0 bridgehead atoms. The minimum Gasteiger partial charge on any atom is -0.497 e. The zero-order valence-electron chi connectivity index (χ0n) is 12.2. The second-order valence-corrected chi connectivity index (χ2v) is 5.24. The second kappa shape index (κ2) is 7.43. The van der Waals surface area contributed by atoms with Crippen LogP contribution in [0.4, 0.5) is 4.39 Å². The predicted molar refractivity (Wildman–Crippen MR) is 84.5 cm³/mol. The number of halogens is 2. The molecule has 0 saturated heterocycles. The van der Waals surface area contributed by atoms with E-state index in [0.717, 1.165) is 29.8 Å². The molecule has 0 fully saturated rings. The molecule has 2 aromatic rings. The van der Waals surface area contributed by atoms with Crippen LogP contribution in [0.15, 0.2) is 42.5 Å². The van der Waals surface area contributed by atoms with Gasteiger partial charge in [0.25, 0.3) is 0 Å². The standard InChI is InChI=1S/C17H19ClFNO/c1-3-20-17(15-8-7-13(19)11-16(15)18)10-12-5-4-6-14(9-12)21-2/h4-9,11,17,20H,3,10H2,1-2H3. The van der Waals surface area contributed by atoms with Crippen LogP contribution in [0.3, 0.4) is 0 Å². The first-order valence-electron chi connectivity index (χ1n) is 6.95. The van der Waals surface area contributed by atoms with E-state index in [4.69, 9.17) is 16.3 Å². The summed E-state index contributed by atoms with van der Waals surface area (Å²) in [6, 6.07) is 12.5. The van der Waals surface area contributed by atoms with Crippen LogP contribution in [-0.2, 0) is 6.42 Å². The lowest BCUT2D eigenvalue weighted by Crippen LogP contribution is -2.23. The normalized spacial score (nSPS) is 12.2. The van der Waals surface area contributed by atoms with Crippen LogP contribution in [0.25, 0.3) is 0 Å². The van der Waals surface area contributed by atoms with E-state index in [0.29, 0.717) is 5.02 Å². The van der Waals surface area contributed by atoms with Crippen molar-refractivity contribution in [3.63, 3.8) is 0 Å². The Morgan fingerprint density at radius 3 is 2.71 bits per heavy atom. The van der Waals surface area contributed by atoms with Crippen LogP contribution < -0.4 is 10.1 Å². The molecular formula is C17H19ClFNO. The summed E-state index contributed by atoms with van der Waals surface area (Å²) in [6.07, 6.45) is 0.760. The van der Waals surface area contributed by atoms with Crippen molar-refractivity contribution in [2.24, 2.45) is 0 Å². The highest BCUT2D eigenvalue weighted by atomic mass is 35.5. The average molecular weight is 308 g/mol. The Labute approximate surface area is 129 Å². The van der Waals surface area contributed by atoms with Crippen LogP contribution in [0.2, 0.25) is 5.02 Å². The Morgan fingerprint density at radius 2 is 2.05 bits per heavy atom. The second-order valence-electron chi connectivity index (χ2n) is 4.83. The van der Waals surface area contributed by atoms with Crippen molar-refractivity contribution >= 4 is 11.6 Å². The van der Waals surface area contributed by atoms with Crippen molar-refractivity contribution in [3.05, 3.63) is 64.4 Å². The lowest BCUT2D eigenvalue weighted by molar-refractivity contribution is 0.414. The third kappa shape index (κ3) is 4.19. The van der Waals surface area contributed by atoms with E-state index >= 15 is 0 Å². The smallest absolute Gasteiger partial charge is 0.124 e. The molecule has 0 heterocycles. The van der Waals surface area contributed by atoms with Gasteiger partial charge in [0, 0.05) is 11.1 Å². The lowest BCUT2D eigenvalue weighted by Gasteiger charge is -2.20. The summed E-state index contributed by atoms with van der Waals surface area (Å²) >= 11 is 6.18. The number of ether oxygens (including phenoxy) is 1. The van der Waals surface area contributed by atoms with Crippen molar-refractivity contribution in [1.82, 2.24) is 5.32 Å². The molecule has 2 rings (SSSR count). The lowest BCUT2D eigenvalue weighted by atomic mass is 9.98. The maximum Gasteiger partial charge on any atom is 0.124 e. The van der Waals surface area contributed by atoms with E-state index in [2.05, 4.69) is 5.32 Å². The molecule has 4 heteroatoms. The number of hydrogen-bond acceptors (Lipinski definition) is 2. The monoisotopic (exact) mass is 307 g/mol. The van der Waals surface area contributed by atoms with Gasteiger partial charge in [-0.15, -0.1) is 0 Å². The maximum atomic E-state index is 13.2. The van der Waals surface area contributed by atoms with Crippen LogP contribution in [-0.4, -0.2) is 13.7 Å². The van der Waals surface area contributed by atoms with Crippen LogP contribution >= 0.6 is 11.6 Å². The summed E-state index contributed by atoms with van der Waals surface area (Å²) in [4.78, 5) is 0. The van der Waals surface area contributed by atoms with Gasteiger partial charge in [-0.05, 0) is 48.4 Å². The Morgan fingerprint density at radius 1 is 1.24 bits per heavy atom. The number of benzene rings is 2. The summed E-state index contributed by atoms with van der Waals surface area (Å²) in [5.74, 6) is 0.508. The number of rotatable bonds is 6. The van der Waals surface area contributed by atoms with Gasteiger partial charge in [0.1, 0.15) is 11.6 Å². The fourth-order valence-electron chi connectivity index (χ4n) is 2.36. The van der Waals surface area contributed by atoms with E-state index in [-0.39, 0.29) is 11.9 Å². The molecule has 0 aliphatic carbocycles. The summed E-state index contributed by atoms with van der Waals surface area (Å²) in [5, 5.41) is 3.85. The quantitative estimate of drug-likeness (QED) is 0.855. The largest absolute Gasteiger partial charge is 0.497 e. The Bertz CT molecular complexity index is 603. The highest BCUT2D eigenvalue weighted by Crippen LogP contribution is 2.27. The summed E-state index contributed by atoms with van der Waals surface area (Å²) < 4.78 is 18.4. The van der Waals surface area contributed by atoms with Crippen molar-refractivity contribution in [1.29, 1.82) is 0 Å². The maximum absolute atomic E-state index is 13.2. The number of hydrogen-bond donors (Lipinski definition) is 1. The first-order chi connectivity index (χ1) is 10.1. The number of nitrogens with one attached hydrogen (secondary N) is 1. The average Bonchev–Trinajstić information content (AvgIpc) is 2.47. The fraction of sp³-hybridized carbons (Fsp3) is 0.294. The predicted octanol–water partition coefficient (Wildman–Crippen LogP) is 4.38. The molecule has 2 nitrogen and oxygen atoms in total. The van der Waals surface area contributed by atoms with Crippen LogP contribution in [0, 0.1) is 5.82 Å². The number of likely N-dealkylation sites (N-methyl/N-ethyl adjacent to an activating group) is 1. The third-order valence-corrected chi connectivity index (χ3v) is 3.69. The minimum atomic E-state index is -0.319. The molecule has 0 aromatic heterocycles. The van der Waals surface area contributed by atoms with Gasteiger partial charge in [0.05, 0.1) is 7.11 Å². The summed E-state index contributed by atoms with van der Waals surface area (Å²) in [5.41, 5.74) is 2.04. The molecule has 0 spiro atoms. The van der Waals surface area contributed by atoms with E-state index in [1.54, 1.807) is 13.2 Å². The topological polar surface area (TPSA) is 21.3 Å².